The van der Waals surface area contributed by atoms with Crippen LogP contribution in [0.25, 0.3) is 22.2 Å². The van der Waals surface area contributed by atoms with Gasteiger partial charge in [0, 0.05) is 16.3 Å². The predicted octanol–water partition coefficient (Wildman–Crippen LogP) is 5.90. The monoisotopic (exact) mass is 424 g/mol. The SMILES string of the molecule is O=C(c1ccccc1)N(c1ccccc1)c1nc(-c2cc3ccccc3oc2=O)cs1. The zero-order valence-electron chi connectivity index (χ0n) is 16.3. The van der Waals surface area contributed by atoms with E-state index < -0.39 is 5.63 Å². The maximum absolute atomic E-state index is 13.3. The van der Waals surface area contributed by atoms with Crippen LogP contribution >= 0.6 is 11.3 Å². The van der Waals surface area contributed by atoms with Crippen LogP contribution in [0.15, 0.2) is 106 Å². The van der Waals surface area contributed by atoms with Crippen molar-refractivity contribution in [2.75, 3.05) is 4.90 Å². The lowest BCUT2D eigenvalue weighted by molar-refractivity contribution is 0.0999. The average Bonchev–Trinajstić information content (AvgIpc) is 3.29. The molecule has 0 spiro atoms. The van der Waals surface area contributed by atoms with Gasteiger partial charge in [-0.25, -0.2) is 9.78 Å². The third kappa shape index (κ3) is 3.65. The fourth-order valence-corrected chi connectivity index (χ4v) is 4.17. The van der Waals surface area contributed by atoms with Crippen molar-refractivity contribution in [3.8, 4) is 11.3 Å². The highest BCUT2D eigenvalue weighted by atomic mass is 32.1. The lowest BCUT2D eigenvalue weighted by Gasteiger charge is -2.20. The van der Waals surface area contributed by atoms with Crippen LogP contribution in [-0.2, 0) is 0 Å². The summed E-state index contributed by atoms with van der Waals surface area (Å²) in [6.45, 7) is 0. The summed E-state index contributed by atoms with van der Waals surface area (Å²) in [5, 5.41) is 3.06. The van der Waals surface area contributed by atoms with Crippen LogP contribution in [0, 0.1) is 0 Å². The van der Waals surface area contributed by atoms with E-state index in [1.807, 2.05) is 66.7 Å². The van der Waals surface area contributed by atoms with Gasteiger partial charge in [-0.1, -0.05) is 54.6 Å². The molecule has 5 rings (SSSR count). The van der Waals surface area contributed by atoms with Crippen LogP contribution in [0.4, 0.5) is 10.8 Å². The normalized spacial score (nSPS) is 10.8. The first-order valence-electron chi connectivity index (χ1n) is 9.64. The number of carbonyl (C=O) groups excluding carboxylic acids is 1. The first-order valence-corrected chi connectivity index (χ1v) is 10.5. The van der Waals surface area contributed by atoms with Crippen LogP contribution < -0.4 is 10.5 Å². The van der Waals surface area contributed by atoms with Gasteiger partial charge < -0.3 is 4.42 Å². The molecule has 5 nitrogen and oxygen atoms in total. The minimum atomic E-state index is -0.462. The number of carbonyl (C=O) groups is 1. The van der Waals surface area contributed by atoms with Crippen LogP contribution in [0.1, 0.15) is 10.4 Å². The molecule has 2 aromatic heterocycles. The first-order chi connectivity index (χ1) is 15.2. The number of rotatable bonds is 4. The molecule has 0 aliphatic rings. The maximum atomic E-state index is 13.3. The molecule has 5 aromatic rings. The number of hydrogen-bond donors (Lipinski definition) is 0. The molecule has 0 fully saturated rings. The number of aromatic nitrogens is 1. The molecule has 0 aliphatic carbocycles. The first kappa shape index (κ1) is 19.0. The summed E-state index contributed by atoms with van der Waals surface area (Å²) >= 11 is 1.30. The van der Waals surface area contributed by atoms with Crippen molar-refractivity contribution < 1.29 is 9.21 Å². The van der Waals surface area contributed by atoms with Gasteiger partial charge in [-0.2, -0.15) is 0 Å². The molecular formula is C25H16N2O3S. The Morgan fingerprint density at radius 1 is 0.871 bits per heavy atom. The quantitative estimate of drug-likeness (QED) is 0.337. The number of amides is 1. The second-order valence-corrected chi connectivity index (χ2v) is 7.68. The molecule has 0 radical (unpaired) electrons. The van der Waals surface area contributed by atoms with Crippen LogP contribution in [-0.4, -0.2) is 10.9 Å². The molecule has 0 unspecified atom stereocenters. The van der Waals surface area contributed by atoms with Crippen LogP contribution in [0.3, 0.4) is 0 Å². The molecule has 0 atom stereocenters. The minimum Gasteiger partial charge on any atom is -0.422 e. The molecule has 0 bridgehead atoms. The average molecular weight is 424 g/mol. The van der Waals surface area contributed by atoms with E-state index >= 15 is 0 Å². The minimum absolute atomic E-state index is 0.196. The van der Waals surface area contributed by atoms with Crippen molar-refractivity contribution in [1.82, 2.24) is 4.98 Å². The largest absolute Gasteiger partial charge is 0.422 e. The Morgan fingerprint density at radius 2 is 1.55 bits per heavy atom. The highest BCUT2D eigenvalue weighted by Crippen LogP contribution is 2.33. The van der Waals surface area contributed by atoms with E-state index in [4.69, 9.17) is 4.42 Å². The van der Waals surface area contributed by atoms with Crippen molar-refractivity contribution in [2.45, 2.75) is 0 Å². The molecule has 3 aromatic carbocycles. The van der Waals surface area contributed by atoms with Crippen molar-refractivity contribution in [3.63, 3.8) is 0 Å². The zero-order valence-corrected chi connectivity index (χ0v) is 17.1. The third-order valence-electron chi connectivity index (χ3n) is 4.84. The summed E-state index contributed by atoms with van der Waals surface area (Å²) in [7, 11) is 0. The summed E-state index contributed by atoms with van der Waals surface area (Å²) in [5.41, 5.74) is 2.15. The Morgan fingerprint density at radius 3 is 2.32 bits per heavy atom. The van der Waals surface area contributed by atoms with Crippen LogP contribution in [0.5, 0.6) is 0 Å². The van der Waals surface area contributed by atoms with E-state index in [0.717, 1.165) is 5.39 Å². The van der Waals surface area contributed by atoms with Crippen molar-refractivity contribution in [1.29, 1.82) is 0 Å². The molecule has 0 saturated carbocycles. The van der Waals surface area contributed by atoms with E-state index in [-0.39, 0.29) is 5.91 Å². The Kier molecular flexibility index (Phi) is 4.90. The molecule has 31 heavy (non-hydrogen) atoms. The molecule has 0 aliphatic heterocycles. The fraction of sp³-hybridized carbons (Fsp3) is 0. The molecular weight excluding hydrogens is 408 g/mol. The molecule has 6 heteroatoms. The summed E-state index contributed by atoms with van der Waals surface area (Å²) < 4.78 is 5.45. The Bertz CT molecular complexity index is 1430. The Balaban J connectivity index is 1.60. The zero-order chi connectivity index (χ0) is 21.2. The molecule has 0 N–H and O–H groups in total. The van der Waals surface area contributed by atoms with Crippen molar-refractivity contribution in [3.05, 3.63) is 112 Å². The van der Waals surface area contributed by atoms with E-state index in [2.05, 4.69) is 4.98 Å². The van der Waals surface area contributed by atoms with E-state index in [9.17, 15) is 9.59 Å². The Labute approximate surface area is 181 Å². The topological polar surface area (TPSA) is 63.4 Å². The third-order valence-corrected chi connectivity index (χ3v) is 5.66. The highest BCUT2D eigenvalue weighted by Gasteiger charge is 2.23. The second-order valence-electron chi connectivity index (χ2n) is 6.84. The van der Waals surface area contributed by atoms with E-state index in [0.29, 0.717) is 33.2 Å². The molecule has 2 heterocycles. The molecule has 150 valence electrons. The van der Waals surface area contributed by atoms with E-state index in [1.165, 1.54) is 11.3 Å². The number of thiazole rings is 1. The number of nitrogens with zero attached hydrogens (tertiary/aromatic N) is 2. The standard InChI is InChI=1S/C25H16N2O3S/c28-23(17-9-3-1-4-10-17)27(19-12-5-2-6-13-19)25-26-21(16-31-25)20-15-18-11-7-8-14-22(18)30-24(20)29/h1-16H. The second kappa shape index (κ2) is 8.01. The number of anilines is 2. The summed E-state index contributed by atoms with van der Waals surface area (Å²) in [6, 6.07) is 27.5. The van der Waals surface area contributed by atoms with Gasteiger partial charge in [0.2, 0.25) is 0 Å². The highest BCUT2D eigenvalue weighted by molar-refractivity contribution is 7.14. The lowest BCUT2D eigenvalue weighted by Crippen LogP contribution is -2.25. The van der Waals surface area contributed by atoms with Crippen molar-refractivity contribution >= 4 is 39.0 Å². The van der Waals surface area contributed by atoms with Gasteiger partial charge in [-0.3, -0.25) is 9.69 Å². The summed E-state index contributed by atoms with van der Waals surface area (Å²) in [5.74, 6) is -0.196. The summed E-state index contributed by atoms with van der Waals surface area (Å²) in [4.78, 5) is 32.1. The number of hydrogen-bond acceptors (Lipinski definition) is 5. The van der Waals surface area contributed by atoms with Crippen molar-refractivity contribution in [2.24, 2.45) is 0 Å². The summed E-state index contributed by atoms with van der Waals surface area (Å²) in [6.07, 6.45) is 0. The lowest BCUT2D eigenvalue weighted by atomic mass is 10.1. The van der Waals surface area contributed by atoms with Gasteiger partial charge >= 0.3 is 5.63 Å². The molecule has 1 amide bonds. The fourth-order valence-electron chi connectivity index (χ4n) is 3.33. The van der Waals surface area contributed by atoms with Gasteiger partial charge in [0.25, 0.3) is 5.91 Å². The Hall–Kier alpha value is -4.03. The number of para-hydroxylation sites is 2. The van der Waals surface area contributed by atoms with Gasteiger partial charge in [-0.15, -0.1) is 11.3 Å². The van der Waals surface area contributed by atoms with Gasteiger partial charge in [0.05, 0.1) is 16.9 Å². The van der Waals surface area contributed by atoms with Gasteiger partial charge in [0.1, 0.15) is 5.58 Å². The van der Waals surface area contributed by atoms with Gasteiger partial charge in [-0.05, 0) is 36.4 Å². The predicted molar refractivity (Wildman–Crippen MR) is 123 cm³/mol. The van der Waals surface area contributed by atoms with E-state index in [1.54, 1.807) is 34.5 Å². The number of benzene rings is 3. The number of fused-ring (bicyclic) bond motifs is 1. The maximum Gasteiger partial charge on any atom is 0.345 e. The molecule has 0 saturated heterocycles. The van der Waals surface area contributed by atoms with Crippen LogP contribution in [0.2, 0.25) is 0 Å². The smallest absolute Gasteiger partial charge is 0.345 e. The van der Waals surface area contributed by atoms with Gasteiger partial charge in [0.15, 0.2) is 5.13 Å².